The minimum atomic E-state index is -4.38. The molecule has 1 amide bonds. The number of carbonyl (C=O) groups is 2. The van der Waals surface area contributed by atoms with E-state index >= 15 is 0 Å². The Kier molecular flexibility index (Phi) is 8.18. The smallest absolute Gasteiger partial charge is 0.389 e. The third-order valence-electron chi connectivity index (χ3n) is 3.60. The van der Waals surface area contributed by atoms with Gasteiger partial charge in [-0.2, -0.15) is 13.2 Å². The second-order valence-corrected chi connectivity index (χ2v) is 5.64. The molecule has 1 aromatic rings. The van der Waals surface area contributed by atoms with Crippen molar-refractivity contribution in [2.75, 3.05) is 18.5 Å². The summed E-state index contributed by atoms with van der Waals surface area (Å²) in [5, 5.41) is 5.55. The molecule has 9 heteroatoms. The number of carbonyl (C=O) groups excluding carboxylic acids is 2. The molecule has 25 heavy (non-hydrogen) atoms. The molecule has 5 nitrogen and oxygen atoms in total. The van der Waals surface area contributed by atoms with Crippen LogP contribution in [-0.2, 0) is 9.53 Å². The largest absolute Gasteiger partial charge is 0.460 e. The van der Waals surface area contributed by atoms with Gasteiger partial charge >= 0.3 is 12.1 Å². The topological polar surface area (TPSA) is 67.4 Å². The molecule has 0 aromatic heterocycles. The molecule has 1 aliphatic heterocycles. The van der Waals surface area contributed by atoms with Crippen molar-refractivity contribution in [2.24, 2.45) is 0 Å². The van der Waals surface area contributed by atoms with Gasteiger partial charge in [-0.1, -0.05) is 6.07 Å². The molecule has 1 saturated heterocycles. The molecule has 1 aromatic carbocycles. The number of hydrogen-bond donors (Lipinski definition) is 2. The van der Waals surface area contributed by atoms with Gasteiger partial charge in [0.2, 0.25) is 5.91 Å². The molecule has 0 spiro atoms. The molecule has 1 unspecified atom stereocenters. The van der Waals surface area contributed by atoms with E-state index in [1.165, 1.54) is 24.3 Å². The van der Waals surface area contributed by atoms with Crippen LogP contribution in [-0.4, -0.2) is 37.2 Å². The van der Waals surface area contributed by atoms with Crippen LogP contribution in [0.5, 0.6) is 0 Å². The van der Waals surface area contributed by atoms with E-state index in [2.05, 4.69) is 10.6 Å². The predicted molar refractivity (Wildman–Crippen MR) is 88.9 cm³/mol. The maximum absolute atomic E-state index is 12.1. The first-order chi connectivity index (χ1) is 11.3. The number of halogens is 4. The lowest BCUT2D eigenvalue weighted by atomic mass is 10.2. The highest BCUT2D eigenvalue weighted by Gasteiger charge is 2.27. The summed E-state index contributed by atoms with van der Waals surface area (Å²) in [5.74, 6) is -1.29. The third-order valence-corrected chi connectivity index (χ3v) is 3.60. The lowest BCUT2D eigenvalue weighted by molar-refractivity contribution is -0.142. The van der Waals surface area contributed by atoms with Crippen LogP contribution in [0.25, 0.3) is 0 Å². The maximum atomic E-state index is 12.1. The van der Waals surface area contributed by atoms with Crippen LogP contribution in [0.15, 0.2) is 24.3 Å². The van der Waals surface area contributed by atoms with Gasteiger partial charge in [0.15, 0.2) is 0 Å². The Bertz CT molecular complexity index is 590. The summed E-state index contributed by atoms with van der Waals surface area (Å²) in [6.07, 6.45) is -4.23. The quantitative estimate of drug-likeness (QED) is 0.743. The Morgan fingerprint density at radius 2 is 2.08 bits per heavy atom. The number of nitrogens with one attached hydrogen (secondary N) is 2. The van der Waals surface area contributed by atoms with Crippen molar-refractivity contribution >= 4 is 30.0 Å². The maximum Gasteiger partial charge on any atom is 0.389 e. The van der Waals surface area contributed by atoms with Gasteiger partial charge < -0.3 is 15.4 Å². The number of rotatable bonds is 6. The summed E-state index contributed by atoms with van der Waals surface area (Å²) >= 11 is 0. The molecule has 0 radical (unpaired) electrons. The van der Waals surface area contributed by atoms with Crippen LogP contribution >= 0.6 is 12.4 Å². The van der Waals surface area contributed by atoms with Gasteiger partial charge in [-0.05, 0) is 37.6 Å². The highest BCUT2D eigenvalue weighted by Crippen LogP contribution is 2.22. The highest BCUT2D eigenvalue weighted by atomic mass is 35.5. The van der Waals surface area contributed by atoms with Crippen molar-refractivity contribution in [3.63, 3.8) is 0 Å². The van der Waals surface area contributed by atoms with E-state index in [9.17, 15) is 22.8 Å². The summed E-state index contributed by atoms with van der Waals surface area (Å²) in [6, 6.07) is 6.09. The molecule has 1 atom stereocenters. The molecule has 2 N–H and O–H groups in total. The molecule has 140 valence electrons. The number of anilines is 1. The van der Waals surface area contributed by atoms with Crippen LogP contribution in [0, 0.1) is 0 Å². The Morgan fingerprint density at radius 1 is 1.32 bits per heavy atom. The van der Waals surface area contributed by atoms with E-state index in [4.69, 9.17) is 4.74 Å². The SMILES string of the molecule is Cl.O=C(CCC(F)(F)F)Nc1cccc(C(=O)OCC2CCCN2)c1. The van der Waals surface area contributed by atoms with Crippen molar-refractivity contribution in [3.8, 4) is 0 Å². The molecule has 1 heterocycles. The van der Waals surface area contributed by atoms with E-state index in [1.54, 1.807) is 0 Å². The molecular formula is C16H20ClF3N2O3. The Labute approximate surface area is 149 Å². The lowest BCUT2D eigenvalue weighted by Gasteiger charge is -2.12. The second kappa shape index (κ2) is 9.62. The number of alkyl halides is 3. The summed E-state index contributed by atoms with van der Waals surface area (Å²) in [4.78, 5) is 23.5. The first kappa shape index (κ1) is 21.2. The van der Waals surface area contributed by atoms with Crippen molar-refractivity contribution in [3.05, 3.63) is 29.8 Å². The fourth-order valence-corrected chi connectivity index (χ4v) is 2.36. The van der Waals surface area contributed by atoms with Crippen LogP contribution in [0.4, 0.5) is 18.9 Å². The molecule has 1 fully saturated rings. The average molecular weight is 381 g/mol. The summed E-state index contributed by atoms with van der Waals surface area (Å²) in [6.45, 7) is 1.17. The van der Waals surface area contributed by atoms with Gasteiger partial charge in [-0.25, -0.2) is 4.79 Å². The number of ether oxygens (including phenoxy) is 1. The van der Waals surface area contributed by atoms with Gasteiger partial charge in [0.25, 0.3) is 0 Å². The van der Waals surface area contributed by atoms with Gasteiger partial charge in [-0.15, -0.1) is 12.4 Å². The zero-order valence-corrected chi connectivity index (χ0v) is 14.2. The van der Waals surface area contributed by atoms with Crippen LogP contribution in [0.1, 0.15) is 36.0 Å². The minimum Gasteiger partial charge on any atom is -0.460 e. The van der Waals surface area contributed by atoms with E-state index in [0.29, 0.717) is 0 Å². The van der Waals surface area contributed by atoms with E-state index in [1.807, 2.05) is 0 Å². The van der Waals surface area contributed by atoms with Crippen LogP contribution < -0.4 is 10.6 Å². The standard InChI is InChI=1S/C16H19F3N2O3.ClH/c17-16(18,19)7-6-14(22)21-12-4-1-3-11(9-12)15(23)24-10-13-5-2-8-20-13;/h1,3-4,9,13,20H,2,5-8,10H2,(H,21,22);1H. The van der Waals surface area contributed by atoms with Crippen molar-refractivity contribution in [1.82, 2.24) is 5.32 Å². The average Bonchev–Trinajstić information content (AvgIpc) is 3.04. The molecule has 0 aliphatic carbocycles. The fraction of sp³-hybridized carbons (Fsp3) is 0.500. The first-order valence-corrected chi connectivity index (χ1v) is 7.71. The normalized spacial score (nSPS) is 16.8. The molecular weight excluding hydrogens is 361 g/mol. The summed E-state index contributed by atoms with van der Waals surface area (Å²) in [7, 11) is 0. The van der Waals surface area contributed by atoms with Gasteiger partial charge in [0, 0.05) is 18.2 Å². The lowest BCUT2D eigenvalue weighted by Crippen LogP contribution is -2.28. The van der Waals surface area contributed by atoms with Gasteiger partial charge in [0.05, 0.1) is 12.0 Å². The van der Waals surface area contributed by atoms with Crippen molar-refractivity contribution < 1.29 is 27.5 Å². The first-order valence-electron chi connectivity index (χ1n) is 7.71. The highest BCUT2D eigenvalue weighted by molar-refractivity contribution is 5.94. The van der Waals surface area contributed by atoms with E-state index in [-0.39, 0.29) is 36.3 Å². The number of hydrogen-bond acceptors (Lipinski definition) is 4. The molecule has 1 aliphatic rings. The zero-order valence-electron chi connectivity index (χ0n) is 13.4. The summed E-state index contributed by atoms with van der Waals surface area (Å²) < 4.78 is 41.5. The van der Waals surface area contributed by atoms with Crippen molar-refractivity contribution in [2.45, 2.75) is 37.9 Å². The van der Waals surface area contributed by atoms with Crippen LogP contribution in [0.3, 0.4) is 0 Å². The zero-order chi connectivity index (χ0) is 17.6. The Hall–Kier alpha value is -1.80. The minimum absolute atomic E-state index is 0. The third kappa shape index (κ3) is 7.74. The molecule has 0 saturated carbocycles. The van der Waals surface area contributed by atoms with Crippen LogP contribution in [0.2, 0.25) is 0 Å². The van der Waals surface area contributed by atoms with Crippen molar-refractivity contribution in [1.29, 1.82) is 0 Å². The number of benzene rings is 1. The van der Waals surface area contributed by atoms with E-state index in [0.717, 1.165) is 19.4 Å². The van der Waals surface area contributed by atoms with E-state index < -0.39 is 30.9 Å². The fourth-order valence-electron chi connectivity index (χ4n) is 2.36. The monoisotopic (exact) mass is 380 g/mol. The Balaban J connectivity index is 0.00000312. The molecule has 0 bridgehead atoms. The van der Waals surface area contributed by atoms with Gasteiger partial charge in [-0.3, -0.25) is 4.79 Å². The number of amides is 1. The molecule has 2 rings (SSSR count). The predicted octanol–water partition coefficient (Wildman–Crippen LogP) is 3.30. The number of esters is 1. The Morgan fingerprint density at radius 3 is 2.72 bits per heavy atom. The summed E-state index contributed by atoms with van der Waals surface area (Å²) in [5.41, 5.74) is 0.497. The second-order valence-electron chi connectivity index (χ2n) is 5.64. The van der Waals surface area contributed by atoms with Gasteiger partial charge in [0.1, 0.15) is 6.61 Å².